The smallest absolute Gasteiger partial charge is 0.173 e. The fourth-order valence-corrected chi connectivity index (χ4v) is 5.74. The minimum atomic E-state index is -1.52. The number of aliphatic hydroxyl groups excluding tert-OH is 8. The van der Waals surface area contributed by atoms with Crippen LogP contribution in [0, 0.1) is 0 Å². The molecule has 3 fully saturated rings. The van der Waals surface area contributed by atoms with Gasteiger partial charge in [0.2, 0.25) is 0 Å². The number of nitrogens with two attached hydrogens (primary N) is 3. The van der Waals surface area contributed by atoms with Gasteiger partial charge in [0, 0.05) is 0 Å². The first kappa shape index (κ1) is 33.9. The lowest BCUT2D eigenvalue weighted by Crippen LogP contribution is -2.72. The van der Waals surface area contributed by atoms with Gasteiger partial charge in [0.05, 0.1) is 49.1 Å². The van der Waals surface area contributed by atoms with E-state index in [1.165, 1.54) is 0 Å². The molecular formula is C24H47N3O13. The molecule has 236 valence electrons. The number of aliphatic hydroxyl groups is 8. The van der Waals surface area contributed by atoms with Gasteiger partial charge in [-0.25, -0.2) is 0 Å². The van der Waals surface area contributed by atoms with E-state index in [-0.39, 0.29) is 0 Å². The monoisotopic (exact) mass is 585 g/mol. The van der Waals surface area contributed by atoms with Crippen molar-refractivity contribution in [2.45, 2.75) is 130 Å². The highest BCUT2D eigenvalue weighted by Gasteiger charge is 2.56. The first-order valence-electron chi connectivity index (χ1n) is 13.3. The van der Waals surface area contributed by atoms with Crippen LogP contribution in [0.5, 0.6) is 0 Å². The van der Waals surface area contributed by atoms with Crippen molar-refractivity contribution in [3.63, 3.8) is 0 Å². The van der Waals surface area contributed by atoms with Crippen molar-refractivity contribution in [2.24, 2.45) is 17.2 Å². The van der Waals surface area contributed by atoms with E-state index >= 15 is 0 Å². The quantitative estimate of drug-likeness (QED) is 0.120. The zero-order chi connectivity index (χ0) is 30.3. The molecule has 0 saturated carbocycles. The van der Waals surface area contributed by atoms with E-state index in [0.29, 0.717) is 0 Å². The Morgan fingerprint density at radius 1 is 0.550 bits per heavy atom. The molecule has 14 N–H and O–H groups in total. The third-order valence-electron chi connectivity index (χ3n) is 8.10. The maximum Gasteiger partial charge on any atom is 0.173 e. The van der Waals surface area contributed by atoms with Crippen LogP contribution in [-0.2, 0) is 23.7 Å². The Kier molecular flexibility index (Phi) is 10.9. The molecule has 15 atom stereocenters. The molecule has 40 heavy (non-hydrogen) atoms. The summed E-state index contributed by atoms with van der Waals surface area (Å²) in [7, 11) is 0. The second-order valence-corrected chi connectivity index (χ2v) is 11.9. The van der Waals surface area contributed by atoms with Crippen molar-refractivity contribution in [3.8, 4) is 0 Å². The van der Waals surface area contributed by atoms with E-state index in [9.17, 15) is 40.9 Å². The highest BCUT2D eigenvalue weighted by atomic mass is 16.7. The largest absolute Gasteiger partial charge is 0.394 e. The Hall–Kier alpha value is -0.640. The van der Waals surface area contributed by atoms with Crippen molar-refractivity contribution in [2.75, 3.05) is 19.8 Å². The third kappa shape index (κ3) is 6.47. The van der Waals surface area contributed by atoms with Gasteiger partial charge in [-0.15, -0.1) is 0 Å². The summed E-state index contributed by atoms with van der Waals surface area (Å²) < 4.78 is 29.3. The summed E-state index contributed by atoms with van der Waals surface area (Å²) in [4.78, 5) is 0. The summed E-state index contributed by atoms with van der Waals surface area (Å²) in [6.45, 7) is 4.48. The molecule has 3 aliphatic rings. The van der Waals surface area contributed by atoms with Gasteiger partial charge in [-0.3, -0.25) is 0 Å². The van der Waals surface area contributed by atoms with Gasteiger partial charge in [-0.05, 0) is 27.7 Å². The topological polar surface area (TPSA) is 286 Å². The molecule has 16 heteroatoms. The SMILES string of the molecule is CC(C)(O[C@@H]1C(CO)O[C@@H](O)C(N)C1O)[C@@H]1OC(CO)C(OC(C)(C)[C@@H]2OC(CO)[C@@H](O)C(O)C2N)C(O)C1N. The van der Waals surface area contributed by atoms with Gasteiger partial charge in [0.25, 0.3) is 0 Å². The number of hydrogen-bond acceptors (Lipinski definition) is 16. The minimum absolute atomic E-state index is 0.588. The fraction of sp³-hybridized carbons (Fsp3) is 1.00. The van der Waals surface area contributed by atoms with Gasteiger partial charge in [0.15, 0.2) is 6.29 Å². The Balaban J connectivity index is 1.79. The third-order valence-corrected chi connectivity index (χ3v) is 8.10. The second kappa shape index (κ2) is 12.9. The van der Waals surface area contributed by atoms with Crippen molar-refractivity contribution >= 4 is 0 Å². The molecule has 16 nitrogen and oxygen atoms in total. The molecule has 0 aromatic rings. The van der Waals surface area contributed by atoms with E-state index in [1.807, 2.05) is 0 Å². The lowest BCUT2D eigenvalue weighted by Gasteiger charge is -2.53. The van der Waals surface area contributed by atoms with Gasteiger partial charge >= 0.3 is 0 Å². The van der Waals surface area contributed by atoms with E-state index < -0.39 is 123 Å². The number of ether oxygens (including phenoxy) is 5. The van der Waals surface area contributed by atoms with Crippen LogP contribution in [0.2, 0.25) is 0 Å². The number of rotatable bonds is 9. The van der Waals surface area contributed by atoms with Gasteiger partial charge in [-0.1, -0.05) is 0 Å². The van der Waals surface area contributed by atoms with E-state index in [1.54, 1.807) is 27.7 Å². The van der Waals surface area contributed by atoms with E-state index in [0.717, 1.165) is 0 Å². The Bertz CT molecular complexity index is 819. The molecule has 0 aliphatic carbocycles. The van der Waals surface area contributed by atoms with E-state index in [4.69, 9.17) is 40.9 Å². The molecule has 10 unspecified atom stereocenters. The lowest BCUT2D eigenvalue weighted by molar-refractivity contribution is -0.314. The van der Waals surface area contributed by atoms with Crippen LogP contribution in [-0.4, -0.2) is 163 Å². The van der Waals surface area contributed by atoms with Crippen molar-refractivity contribution in [3.05, 3.63) is 0 Å². The summed E-state index contributed by atoms with van der Waals surface area (Å²) in [6, 6.07) is -3.51. The molecule has 3 heterocycles. The normalized spacial score (nSPS) is 47.3. The first-order chi connectivity index (χ1) is 18.5. The summed E-state index contributed by atoms with van der Waals surface area (Å²) in [5.41, 5.74) is 15.6. The van der Waals surface area contributed by atoms with Gasteiger partial charge in [0.1, 0.15) is 67.1 Å². The zero-order valence-corrected chi connectivity index (χ0v) is 23.1. The van der Waals surface area contributed by atoms with Crippen LogP contribution in [0.3, 0.4) is 0 Å². The van der Waals surface area contributed by atoms with Crippen LogP contribution in [0.4, 0.5) is 0 Å². The molecular weight excluding hydrogens is 538 g/mol. The van der Waals surface area contributed by atoms with Crippen molar-refractivity contribution < 1.29 is 64.5 Å². The molecule has 0 spiro atoms. The van der Waals surface area contributed by atoms with E-state index in [2.05, 4.69) is 0 Å². The summed E-state index contributed by atoms with van der Waals surface area (Å²) in [5, 5.41) is 81.8. The average Bonchev–Trinajstić information content (AvgIpc) is 2.90. The van der Waals surface area contributed by atoms with Crippen LogP contribution >= 0.6 is 0 Å². The molecule has 0 aromatic carbocycles. The molecule has 0 radical (unpaired) electrons. The highest BCUT2D eigenvalue weighted by molar-refractivity contribution is 5.06. The molecule has 3 rings (SSSR count). The molecule has 3 saturated heterocycles. The maximum atomic E-state index is 11.3. The fourth-order valence-electron chi connectivity index (χ4n) is 5.74. The highest BCUT2D eigenvalue weighted by Crippen LogP contribution is 2.37. The summed E-state index contributed by atoms with van der Waals surface area (Å²) in [5.74, 6) is 0. The Labute approximate surface area is 232 Å². The number of hydrogen-bond donors (Lipinski definition) is 11. The standard InChI is InChI=1S/C24H47N3O13/c1-23(2,20-11(25)15(32)14(31)8(5-28)36-20)39-18-9(6-29)37-21(12(26)16(18)33)24(3,4)40-19-10(7-30)38-22(35)13(27)17(19)34/h8-22,28-35H,5-7,25-27H2,1-4H3/t8?,9?,10?,11?,12?,13?,14-,15?,16?,17?,18?,19-,20-,21-,22-/m1/s1. The second-order valence-electron chi connectivity index (χ2n) is 11.9. The summed E-state index contributed by atoms with van der Waals surface area (Å²) in [6.07, 6.45) is -15.2. The molecule has 3 aliphatic heterocycles. The minimum Gasteiger partial charge on any atom is -0.394 e. The zero-order valence-electron chi connectivity index (χ0n) is 23.1. The predicted octanol–water partition coefficient (Wildman–Crippen LogP) is -6.03. The Morgan fingerprint density at radius 2 is 0.925 bits per heavy atom. The molecule has 0 amide bonds. The van der Waals surface area contributed by atoms with Gasteiger partial charge < -0.3 is 81.7 Å². The predicted molar refractivity (Wildman–Crippen MR) is 135 cm³/mol. The Morgan fingerprint density at radius 3 is 1.38 bits per heavy atom. The van der Waals surface area contributed by atoms with Crippen LogP contribution < -0.4 is 17.2 Å². The lowest BCUT2D eigenvalue weighted by atomic mass is 9.83. The van der Waals surface area contributed by atoms with Crippen molar-refractivity contribution in [1.82, 2.24) is 0 Å². The van der Waals surface area contributed by atoms with Gasteiger partial charge in [-0.2, -0.15) is 0 Å². The molecule has 0 aromatic heterocycles. The van der Waals surface area contributed by atoms with Crippen LogP contribution in [0.25, 0.3) is 0 Å². The summed E-state index contributed by atoms with van der Waals surface area (Å²) >= 11 is 0. The van der Waals surface area contributed by atoms with Crippen molar-refractivity contribution in [1.29, 1.82) is 0 Å². The average molecular weight is 586 g/mol. The first-order valence-corrected chi connectivity index (χ1v) is 13.3. The van der Waals surface area contributed by atoms with Crippen LogP contribution in [0.15, 0.2) is 0 Å². The van der Waals surface area contributed by atoms with Crippen LogP contribution in [0.1, 0.15) is 27.7 Å². The molecule has 0 bridgehead atoms. The maximum absolute atomic E-state index is 11.3.